The van der Waals surface area contributed by atoms with Crippen molar-refractivity contribution in [1.29, 1.82) is 0 Å². The second-order valence-electron chi connectivity index (χ2n) is 3.17. The zero-order valence-corrected chi connectivity index (χ0v) is 7.77. The Balaban J connectivity index is 2.63. The number of nitrogens with zero attached hydrogens (tertiary/aromatic N) is 1. The predicted molar refractivity (Wildman–Crippen MR) is 57.4 cm³/mol. The van der Waals surface area contributed by atoms with Crippen LogP contribution in [0.25, 0.3) is 10.8 Å². The van der Waals surface area contributed by atoms with Gasteiger partial charge in [-0.25, -0.2) is 0 Å². The number of hydrogen-bond donors (Lipinski definition) is 1. The summed E-state index contributed by atoms with van der Waals surface area (Å²) in [4.78, 5) is 0. The number of rotatable bonds is 1. The molecule has 2 nitrogen and oxygen atoms in total. The fourth-order valence-corrected chi connectivity index (χ4v) is 1.50. The van der Waals surface area contributed by atoms with Gasteiger partial charge in [0.2, 0.25) is 6.54 Å². The monoisotopic (exact) mass is 183 g/mol. The van der Waals surface area contributed by atoms with Gasteiger partial charge < -0.3 is 5.73 Å². The van der Waals surface area contributed by atoms with Gasteiger partial charge in [0, 0.05) is 22.5 Å². The number of hydrogen-bond acceptors (Lipinski definition) is 1. The topological polar surface area (TPSA) is 29.9 Å². The zero-order valence-electron chi connectivity index (χ0n) is 7.77. The Labute approximate surface area is 83.0 Å². The second kappa shape index (κ2) is 3.39. The van der Waals surface area contributed by atoms with Gasteiger partial charge in [0.1, 0.15) is 0 Å². The minimum atomic E-state index is 0.588. The summed E-state index contributed by atoms with van der Waals surface area (Å²) >= 11 is 0. The molecule has 2 rings (SSSR count). The van der Waals surface area contributed by atoms with Crippen molar-refractivity contribution in [2.75, 3.05) is 5.73 Å². The average Bonchev–Trinajstić information content (AvgIpc) is 2.18. The number of fused-ring (bicyclic) bond motifs is 1. The van der Waals surface area contributed by atoms with Crippen molar-refractivity contribution in [3.05, 3.63) is 36.7 Å². The zero-order chi connectivity index (χ0) is 9.97. The first-order chi connectivity index (χ1) is 6.81. The molecule has 0 bridgehead atoms. The molecule has 0 saturated carbocycles. The first kappa shape index (κ1) is 8.58. The minimum Gasteiger partial charge on any atom is -0.398 e. The van der Waals surface area contributed by atoms with Gasteiger partial charge in [0.15, 0.2) is 12.4 Å². The lowest BCUT2D eigenvalue weighted by Crippen LogP contribution is -2.31. The molecule has 0 fully saturated rings. The van der Waals surface area contributed by atoms with Crippen molar-refractivity contribution in [3.63, 3.8) is 0 Å². The van der Waals surface area contributed by atoms with Gasteiger partial charge in [-0.2, -0.15) is 4.57 Å². The highest BCUT2D eigenvalue weighted by atomic mass is 14.9. The summed E-state index contributed by atoms with van der Waals surface area (Å²) in [6.07, 6.45) is 9.19. The van der Waals surface area contributed by atoms with Crippen LogP contribution in [0.1, 0.15) is 0 Å². The van der Waals surface area contributed by atoms with Crippen LogP contribution in [-0.4, -0.2) is 0 Å². The summed E-state index contributed by atoms with van der Waals surface area (Å²) in [5.41, 5.74) is 6.63. The van der Waals surface area contributed by atoms with E-state index in [1.165, 1.54) is 0 Å². The number of benzene rings is 1. The number of pyridine rings is 1. The van der Waals surface area contributed by atoms with Gasteiger partial charge in [-0.05, 0) is 18.1 Å². The molecule has 1 heterocycles. The van der Waals surface area contributed by atoms with Crippen LogP contribution in [0.15, 0.2) is 36.7 Å². The Morgan fingerprint density at radius 1 is 1.36 bits per heavy atom. The highest BCUT2D eigenvalue weighted by Crippen LogP contribution is 2.17. The Bertz CT molecular complexity index is 509. The van der Waals surface area contributed by atoms with Gasteiger partial charge in [0.25, 0.3) is 0 Å². The molecule has 0 saturated heterocycles. The maximum Gasteiger partial charge on any atom is 0.208 e. The van der Waals surface area contributed by atoms with Gasteiger partial charge in [0.05, 0.1) is 0 Å². The van der Waals surface area contributed by atoms with E-state index >= 15 is 0 Å². The molecular weight excluding hydrogens is 172 g/mol. The standard InChI is InChI=1S/C12H11N2/c1-2-7-14-8-6-11-10(9-14)4-3-5-12(11)13/h1,3-6,8-9H,7,13H2/q+1. The highest BCUT2D eigenvalue weighted by molar-refractivity contribution is 5.91. The number of anilines is 1. The van der Waals surface area contributed by atoms with E-state index in [0.29, 0.717) is 6.54 Å². The van der Waals surface area contributed by atoms with Crippen LogP contribution >= 0.6 is 0 Å². The average molecular weight is 183 g/mol. The van der Waals surface area contributed by atoms with Crippen LogP contribution < -0.4 is 10.3 Å². The smallest absolute Gasteiger partial charge is 0.208 e. The first-order valence-electron chi connectivity index (χ1n) is 4.42. The van der Waals surface area contributed by atoms with Gasteiger partial charge in [-0.1, -0.05) is 6.07 Å². The number of nitrogen functional groups attached to an aromatic ring is 1. The summed E-state index contributed by atoms with van der Waals surface area (Å²) in [5, 5.41) is 2.18. The first-order valence-corrected chi connectivity index (χ1v) is 4.42. The van der Waals surface area contributed by atoms with Crippen molar-refractivity contribution in [3.8, 4) is 12.3 Å². The quantitative estimate of drug-likeness (QED) is 0.403. The lowest BCUT2D eigenvalue weighted by Gasteiger charge is -1.99. The van der Waals surface area contributed by atoms with Crippen LogP contribution in [-0.2, 0) is 6.54 Å². The molecular formula is C12H11N2+. The lowest BCUT2D eigenvalue weighted by molar-refractivity contribution is -0.683. The van der Waals surface area contributed by atoms with Crippen LogP contribution in [0, 0.1) is 12.3 Å². The Kier molecular flexibility index (Phi) is 2.08. The molecule has 0 amide bonds. The third-order valence-corrected chi connectivity index (χ3v) is 2.19. The number of aromatic nitrogens is 1. The third kappa shape index (κ3) is 1.40. The second-order valence-corrected chi connectivity index (χ2v) is 3.17. The van der Waals surface area contributed by atoms with Gasteiger partial charge in [-0.3, -0.25) is 0 Å². The fraction of sp³-hybridized carbons (Fsp3) is 0.0833. The van der Waals surface area contributed by atoms with E-state index in [4.69, 9.17) is 12.2 Å². The summed E-state index contributed by atoms with van der Waals surface area (Å²) in [6.45, 7) is 0.588. The van der Waals surface area contributed by atoms with Crippen molar-refractivity contribution >= 4 is 16.5 Å². The van der Waals surface area contributed by atoms with Crippen molar-refractivity contribution in [1.82, 2.24) is 0 Å². The molecule has 0 radical (unpaired) electrons. The summed E-state index contributed by atoms with van der Waals surface area (Å²) in [6, 6.07) is 7.85. The summed E-state index contributed by atoms with van der Waals surface area (Å²) in [5.74, 6) is 2.60. The Morgan fingerprint density at radius 2 is 2.21 bits per heavy atom. The molecule has 2 N–H and O–H groups in total. The molecule has 14 heavy (non-hydrogen) atoms. The maximum atomic E-state index is 5.83. The molecule has 1 aromatic heterocycles. The molecule has 0 aliphatic rings. The van der Waals surface area contributed by atoms with Crippen LogP contribution in [0.5, 0.6) is 0 Å². The number of terminal acetylenes is 1. The molecule has 0 unspecified atom stereocenters. The van der Waals surface area contributed by atoms with Crippen molar-refractivity contribution in [2.45, 2.75) is 6.54 Å². The van der Waals surface area contributed by atoms with Crippen LogP contribution in [0.3, 0.4) is 0 Å². The van der Waals surface area contributed by atoms with E-state index in [1.54, 1.807) is 0 Å². The molecule has 0 aliphatic heterocycles. The molecule has 68 valence electrons. The molecule has 2 aromatic rings. The SMILES string of the molecule is C#CC[n+]1ccc2c(N)cccc2c1. The third-order valence-electron chi connectivity index (χ3n) is 2.19. The molecule has 0 spiro atoms. The van der Waals surface area contributed by atoms with Crippen molar-refractivity contribution in [2.24, 2.45) is 0 Å². The maximum absolute atomic E-state index is 5.83. The lowest BCUT2D eigenvalue weighted by atomic mass is 10.1. The molecule has 0 aliphatic carbocycles. The highest BCUT2D eigenvalue weighted by Gasteiger charge is 2.02. The fourth-order valence-electron chi connectivity index (χ4n) is 1.50. The van der Waals surface area contributed by atoms with E-state index in [2.05, 4.69) is 5.92 Å². The number of nitrogens with two attached hydrogens (primary N) is 1. The largest absolute Gasteiger partial charge is 0.398 e. The van der Waals surface area contributed by atoms with Crippen LogP contribution in [0.2, 0.25) is 0 Å². The molecule has 2 heteroatoms. The summed E-state index contributed by atoms with van der Waals surface area (Å²) in [7, 11) is 0. The van der Waals surface area contributed by atoms with E-state index in [1.807, 2.05) is 41.2 Å². The molecule has 1 aromatic carbocycles. The minimum absolute atomic E-state index is 0.588. The summed E-state index contributed by atoms with van der Waals surface area (Å²) < 4.78 is 1.96. The Morgan fingerprint density at radius 3 is 3.00 bits per heavy atom. The molecule has 0 atom stereocenters. The normalized spacial score (nSPS) is 9.93. The van der Waals surface area contributed by atoms with E-state index in [0.717, 1.165) is 16.5 Å². The van der Waals surface area contributed by atoms with Crippen LogP contribution in [0.4, 0.5) is 5.69 Å². The van der Waals surface area contributed by atoms with Gasteiger partial charge >= 0.3 is 0 Å². The van der Waals surface area contributed by atoms with E-state index < -0.39 is 0 Å². The predicted octanol–water partition coefficient (Wildman–Crippen LogP) is 1.34. The van der Waals surface area contributed by atoms with E-state index in [9.17, 15) is 0 Å². The van der Waals surface area contributed by atoms with E-state index in [-0.39, 0.29) is 0 Å². The van der Waals surface area contributed by atoms with Gasteiger partial charge in [-0.15, -0.1) is 6.42 Å². The Hall–Kier alpha value is -2.01. The van der Waals surface area contributed by atoms with Crippen molar-refractivity contribution < 1.29 is 4.57 Å².